The molecule has 1 aromatic rings. The second-order valence-electron chi connectivity index (χ2n) is 6.23. The van der Waals surface area contributed by atoms with E-state index in [1.807, 2.05) is 6.07 Å². The molecule has 0 spiro atoms. The van der Waals surface area contributed by atoms with E-state index in [1.165, 1.54) is 18.4 Å². The molecular weight excluding hydrogens is 246 g/mol. The molecule has 2 atom stereocenters. The van der Waals surface area contributed by atoms with Crippen molar-refractivity contribution in [2.75, 3.05) is 13.7 Å². The van der Waals surface area contributed by atoms with Crippen molar-refractivity contribution in [2.24, 2.45) is 11.8 Å². The quantitative estimate of drug-likeness (QED) is 0.727. The lowest BCUT2D eigenvalue weighted by Crippen LogP contribution is -2.30. The van der Waals surface area contributed by atoms with Crippen molar-refractivity contribution in [2.45, 2.75) is 53.0 Å². The van der Waals surface area contributed by atoms with Crippen LogP contribution in [-0.4, -0.2) is 19.7 Å². The molecule has 1 aromatic carbocycles. The molecule has 0 aliphatic carbocycles. The number of benzene rings is 1. The molecule has 0 radical (unpaired) electrons. The zero-order valence-electron chi connectivity index (χ0n) is 13.8. The minimum absolute atomic E-state index is 0.555. The van der Waals surface area contributed by atoms with Crippen molar-refractivity contribution in [3.8, 4) is 5.75 Å². The summed E-state index contributed by atoms with van der Waals surface area (Å²) < 4.78 is 5.32. The van der Waals surface area contributed by atoms with E-state index in [0.29, 0.717) is 12.0 Å². The molecule has 0 amide bonds. The van der Waals surface area contributed by atoms with E-state index in [9.17, 15) is 0 Å². The van der Waals surface area contributed by atoms with Crippen molar-refractivity contribution >= 4 is 0 Å². The van der Waals surface area contributed by atoms with Gasteiger partial charge in [-0.3, -0.25) is 0 Å². The van der Waals surface area contributed by atoms with Crippen molar-refractivity contribution in [3.63, 3.8) is 0 Å². The van der Waals surface area contributed by atoms with Crippen LogP contribution in [0.15, 0.2) is 24.3 Å². The van der Waals surface area contributed by atoms with Gasteiger partial charge in [0.05, 0.1) is 7.11 Å². The standard InChI is InChI=1S/C18H31NO/c1-6-15(4)10-17(13-19-14(2)3)11-16-8-7-9-18(12-16)20-5/h7-9,12,14-15,17,19H,6,10-11,13H2,1-5H3. The normalized spacial score (nSPS) is 14.3. The lowest BCUT2D eigenvalue weighted by atomic mass is 9.89. The fourth-order valence-electron chi connectivity index (χ4n) is 2.51. The molecule has 0 fully saturated rings. The summed E-state index contributed by atoms with van der Waals surface area (Å²) in [4.78, 5) is 0. The number of hydrogen-bond acceptors (Lipinski definition) is 2. The van der Waals surface area contributed by atoms with E-state index >= 15 is 0 Å². The highest BCUT2D eigenvalue weighted by molar-refractivity contribution is 5.28. The number of hydrogen-bond donors (Lipinski definition) is 1. The molecule has 0 saturated carbocycles. The average molecular weight is 277 g/mol. The van der Waals surface area contributed by atoms with Crippen LogP contribution in [0, 0.1) is 11.8 Å². The first-order chi connectivity index (χ1) is 9.55. The summed E-state index contributed by atoms with van der Waals surface area (Å²) in [6.07, 6.45) is 3.67. The van der Waals surface area contributed by atoms with Gasteiger partial charge in [-0.25, -0.2) is 0 Å². The second kappa shape index (κ2) is 9.02. The lowest BCUT2D eigenvalue weighted by Gasteiger charge is -2.22. The van der Waals surface area contributed by atoms with Gasteiger partial charge in [-0.2, -0.15) is 0 Å². The van der Waals surface area contributed by atoms with E-state index in [1.54, 1.807) is 7.11 Å². The molecule has 20 heavy (non-hydrogen) atoms. The van der Waals surface area contributed by atoms with Gasteiger partial charge in [0.15, 0.2) is 0 Å². The van der Waals surface area contributed by atoms with Gasteiger partial charge in [0, 0.05) is 6.04 Å². The van der Waals surface area contributed by atoms with Crippen LogP contribution in [0.2, 0.25) is 0 Å². The average Bonchev–Trinajstić information content (AvgIpc) is 2.44. The highest BCUT2D eigenvalue weighted by atomic mass is 16.5. The van der Waals surface area contributed by atoms with Crippen LogP contribution >= 0.6 is 0 Å². The number of rotatable bonds is 9. The third-order valence-electron chi connectivity index (χ3n) is 3.91. The Balaban J connectivity index is 2.65. The van der Waals surface area contributed by atoms with Crippen LogP contribution < -0.4 is 10.1 Å². The number of ether oxygens (including phenoxy) is 1. The maximum Gasteiger partial charge on any atom is 0.119 e. The molecule has 0 aliphatic heterocycles. The molecule has 2 unspecified atom stereocenters. The molecule has 0 aliphatic rings. The summed E-state index contributed by atoms with van der Waals surface area (Å²) in [5, 5.41) is 3.59. The summed E-state index contributed by atoms with van der Waals surface area (Å²) in [7, 11) is 1.73. The molecular formula is C18H31NO. The predicted octanol–water partition coefficient (Wildman–Crippen LogP) is 4.29. The molecule has 0 saturated heterocycles. The van der Waals surface area contributed by atoms with Gasteiger partial charge in [0.25, 0.3) is 0 Å². The SMILES string of the molecule is CCC(C)CC(CNC(C)C)Cc1cccc(OC)c1. The zero-order valence-corrected chi connectivity index (χ0v) is 13.8. The Morgan fingerprint density at radius 1 is 1.20 bits per heavy atom. The minimum Gasteiger partial charge on any atom is -0.497 e. The summed E-state index contributed by atoms with van der Waals surface area (Å²) in [6, 6.07) is 9.03. The molecule has 1 N–H and O–H groups in total. The van der Waals surface area contributed by atoms with Gasteiger partial charge in [-0.1, -0.05) is 46.2 Å². The van der Waals surface area contributed by atoms with Gasteiger partial charge in [-0.05, 0) is 48.9 Å². The Labute approximate surface area is 124 Å². The van der Waals surface area contributed by atoms with Crippen LogP contribution in [0.5, 0.6) is 5.75 Å². The van der Waals surface area contributed by atoms with Crippen LogP contribution in [0.3, 0.4) is 0 Å². The molecule has 1 rings (SSSR count). The first kappa shape index (κ1) is 17.0. The van der Waals surface area contributed by atoms with Gasteiger partial charge in [0.1, 0.15) is 5.75 Å². The van der Waals surface area contributed by atoms with Crippen molar-refractivity contribution < 1.29 is 4.74 Å². The summed E-state index contributed by atoms with van der Waals surface area (Å²) in [5.41, 5.74) is 1.38. The number of methoxy groups -OCH3 is 1. The van der Waals surface area contributed by atoms with Crippen LogP contribution in [0.1, 0.15) is 46.1 Å². The van der Waals surface area contributed by atoms with E-state index in [2.05, 4.69) is 51.2 Å². The Hall–Kier alpha value is -1.02. The van der Waals surface area contributed by atoms with Crippen LogP contribution in [-0.2, 0) is 6.42 Å². The van der Waals surface area contributed by atoms with Crippen molar-refractivity contribution in [1.82, 2.24) is 5.32 Å². The van der Waals surface area contributed by atoms with Gasteiger partial charge in [-0.15, -0.1) is 0 Å². The van der Waals surface area contributed by atoms with E-state index in [-0.39, 0.29) is 0 Å². The molecule has 0 aromatic heterocycles. The first-order valence-corrected chi connectivity index (χ1v) is 7.91. The Bertz CT molecular complexity index is 375. The van der Waals surface area contributed by atoms with E-state index in [4.69, 9.17) is 4.74 Å². The Morgan fingerprint density at radius 3 is 2.55 bits per heavy atom. The summed E-state index contributed by atoms with van der Waals surface area (Å²) in [5.74, 6) is 2.45. The lowest BCUT2D eigenvalue weighted by molar-refractivity contribution is 0.353. The highest BCUT2D eigenvalue weighted by Gasteiger charge is 2.14. The fourth-order valence-corrected chi connectivity index (χ4v) is 2.51. The van der Waals surface area contributed by atoms with E-state index < -0.39 is 0 Å². The summed E-state index contributed by atoms with van der Waals surface area (Å²) >= 11 is 0. The van der Waals surface area contributed by atoms with Crippen LogP contribution in [0.25, 0.3) is 0 Å². The van der Waals surface area contributed by atoms with Crippen LogP contribution in [0.4, 0.5) is 0 Å². The molecule has 114 valence electrons. The van der Waals surface area contributed by atoms with Gasteiger partial charge >= 0.3 is 0 Å². The predicted molar refractivity (Wildman–Crippen MR) is 87.4 cm³/mol. The smallest absolute Gasteiger partial charge is 0.119 e. The minimum atomic E-state index is 0.555. The van der Waals surface area contributed by atoms with E-state index in [0.717, 1.165) is 24.6 Å². The largest absolute Gasteiger partial charge is 0.497 e. The van der Waals surface area contributed by atoms with Gasteiger partial charge in [0.2, 0.25) is 0 Å². The van der Waals surface area contributed by atoms with Crippen molar-refractivity contribution in [1.29, 1.82) is 0 Å². The molecule has 2 heteroatoms. The third-order valence-corrected chi connectivity index (χ3v) is 3.91. The Kier molecular flexibility index (Phi) is 7.68. The topological polar surface area (TPSA) is 21.3 Å². The van der Waals surface area contributed by atoms with Gasteiger partial charge < -0.3 is 10.1 Å². The van der Waals surface area contributed by atoms with Crippen molar-refractivity contribution in [3.05, 3.63) is 29.8 Å². The monoisotopic (exact) mass is 277 g/mol. The maximum atomic E-state index is 5.32. The Morgan fingerprint density at radius 2 is 1.95 bits per heavy atom. The zero-order chi connectivity index (χ0) is 15.0. The highest BCUT2D eigenvalue weighted by Crippen LogP contribution is 2.21. The molecule has 0 bridgehead atoms. The first-order valence-electron chi connectivity index (χ1n) is 7.91. The molecule has 2 nitrogen and oxygen atoms in total. The second-order valence-corrected chi connectivity index (χ2v) is 6.23. The number of nitrogens with one attached hydrogen (secondary N) is 1. The molecule has 0 heterocycles. The maximum absolute atomic E-state index is 5.32. The fraction of sp³-hybridized carbons (Fsp3) is 0.667. The summed E-state index contributed by atoms with van der Waals surface area (Å²) in [6.45, 7) is 10.2. The third kappa shape index (κ3) is 6.42.